The van der Waals surface area contributed by atoms with Crippen LogP contribution in [0.15, 0.2) is 12.7 Å². The predicted molar refractivity (Wildman–Crippen MR) is 54.5 cm³/mol. The first-order chi connectivity index (χ1) is 6.20. The second-order valence-corrected chi connectivity index (χ2v) is 3.44. The summed E-state index contributed by atoms with van der Waals surface area (Å²) in [7, 11) is 0. The summed E-state index contributed by atoms with van der Waals surface area (Å²) in [6.45, 7) is 8.15. The van der Waals surface area contributed by atoms with Crippen molar-refractivity contribution >= 4 is 5.97 Å². The Hall–Kier alpha value is -0.790. The van der Waals surface area contributed by atoms with E-state index in [1.807, 2.05) is 0 Å². The number of carbonyl (C=O) groups is 1. The molecule has 0 amide bonds. The third-order valence-electron chi connectivity index (χ3n) is 1.98. The van der Waals surface area contributed by atoms with Crippen molar-refractivity contribution in [2.24, 2.45) is 5.92 Å². The lowest BCUT2D eigenvalue weighted by Gasteiger charge is -2.10. The fourth-order valence-electron chi connectivity index (χ4n) is 1.11. The molecule has 1 unspecified atom stereocenters. The molecule has 0 saturated heterocycles. The number of unbranched alkanes of at least 4 members (excludes halogenated alkanes) is 2. The molecule has 0 N–H and O–H groups in total. The van der Waals surface area contributed by atoms with Gasteiger partial charge in [0, 0.05) is 6.08 Å². The normalized spacial score (nSPS) is 12.2. The molecule has 0 aliphatic heterocycles. The average Bonchev–Trinajstić information content (AvgIpc) is 2.14. The topological polar surface area (TPSA) is 26.3 Å². The molecule has 2 heteroatoms. The van der Waals surface area contributed by atoms with Crippen LogP contribution < -0.4 is 0 Å². The van der Waals surface area contributed by atoms with Crippen molar-refractivity contribution in [1.82, 2.24) is 0 Å². The zero-order valence-corrected chi connectivity index (χ0v) is 8.71. The number of carbonyl (C=O) groups excluding carboxylic acids is 1. The number of hydrogen-bond donors (Lipinski definition) is 0. The Kier molecular flexibility index (Phi) is 7.36. The quantitative estimate of drug-likeness (QED) is 0.345. The Labute approximate surface area is 81.0 Å². The first kappa shape index (κ1) is 12.2. The third kappa shape index (κ3) is 7.57. The van der Waals surface area contributed by atoms with E-state index in [9.17, 15) is 4.79 Å². The Morgan fingerprint density at radius 2 is 2.23 bits per heavy atom. The SMILES string of the molecule is C=CC(=O)OCC(C)CCCCC. The minimum absolute atomic E-state index is 0.317. The van der Waals surface area contributed by atoms with E-state index in [4.69, 9.17) is 4.74 Å². The summed E-state index contributed by atoms with van der Waals surface area (Å²) < 4.78 is 4.93. The van der Waals surface area contributed by atoms with Gasteiger partial charge in [-0.3, -0.25) is 0 Å². The largest absolute Gasteiger partial charge is 0.462 e. The van der Waals surface area contributed by atoms with E-state index in [0.717, 1.165) is 6.42 Å². The summed E-state index contributed by atoms with van der Waals surface area (Å²) in [4.78, 5) is 10.7. The zero-order chi connectivity index (χ0) is 10.1. The van der Waals surface area contributed by atoms with Crippen LogP contribution in [0, 0.1) is 5.92 Å². The smallest absolute Gasteiger partial charge is 0.330 e. The van der Waals surface area contributed by atoms with Gasteiger partial charge in [-0.2, -0.15) is 0 Å². The van der Waals surface area contributed by atoms with Crippen LogP contribution in [-0.2, 0) is 9.53 Å². The molecular formula is C11H20O2. The van der Waals surface area contributed by atoms with E-state index in [0.29, 0.717) is 12.5 Å². The molecule has 0 fully saturated rings. The van der Waals surface area contributed by atoms with E-state index < -0.39 is 0 Å². The van der Waals surface area contributed by atoms with Crippen molar-refractivity contribution in [3.8, 4) is 0 Å². The van der Waals surface area contributed by atoms with Crippen LogP contribution in [0.4, 0.5) is 0 Å². The molecule has 1 atom stereocenters. The molecule has 2 nitrogen and oxygen atoms in total. The zero-order valence-electron chi connectivity index (χ0n) is 8.71. The molecule has 0 bridgehead atoms. The molecule has 0 spiro atoms. The monoisotopic (exact) mass is 184 g/mol. The fourth-order valence-corrected chi connectivity index (χ4v) is 1.11. The summed E-state index contributed by atoms with van der Waals surface area (Å²) in [6, 6.07) is 0. The Morgan fingerprint density at radius 3 is 2.77 bits per heavy atom. The van der Waals surface area contributed by atoms with Crippen LogP contribution in [0.5, 0.6) is 0 Å². The minimum Gasteiger partial charge on any atom is -0.462 e. The van der Waals surface area contributed by atoms with E-state index in [2.05, 4.69) is 20.4 Å². The standard InChI is InChI=1S/C11H20O2/c1-4-6-7-8-10(3)9-13-11(12)5-2/h5,10H,2,4,6-9H2,1,3H3. The van der Waals surface area contributed by atoms with Gasteiger partial charge >= 0.3 is 5.97 Å². The van der Waals surface area contributed by atoms with E-state index in [1.54, 1.807) is 0 Å². The van der Waals surface area contributed by atoms with Crippen molar-refractivity contribution < 1.29 is 9.53 Å². The molecule has 76 valence electrons. The summed E-state index contributed by atoms with van der Waals surface area (Å²) in [5, 5.41) is 0. The summed E-state index contributed by atoms with van der Waals surface area (Å²) in [6.07, 6.45) is 6.07. The van der Waals surface area contributed by atoms with Crippen LogP contribution in [0.25, 0.3) is 0 Å². The van der Waals surface area contributed by atoms with Crippen molar-refractivity contribution in [2.75, 3.05) is 6.61 Å². The highest BCUT2D eigenvalue weighted by atomic mass is 16.5. The van der Waals surface area contributed by atoms with Crippen LogP contribution in [0.1, 0.15) is 39.5 Å². The van der Waals surface area contributed by atoms with Gasteiger partial charge in [-0.15, -0.1) is 0 Å². The highest BCUT2D eigenvalue weighted by Gasteiger charge is 2.03. The molecule has 0 aromatic carbocycles. The van der Waals surface area contributed by atoms with Gasteiger partial charge in [0.15, 0.2) is 0 Å². The molecule has 0 rings (SSSR count). The molecular weight excluding hydrogens is 164 g/mol. The van der Waals surface area contributed by atoms with Crippen molar-refractivity contribution in [3.63, 3.8) is 0 Å². The van der Waals surface area contributed by atoms with Gasteiger partial charge in [-0.25, -0.2) is 4.79 Å². The van der Waals surface area contributed by atoms with E-state index >= 15 is 0 Å². The number of esters is 1. The summed E-state index contributed by atoms with van der Waals surface area (Å²) in [5.41, 5.74) is 0. The number of hydrogen-bond acceptors (Lipinski definition) is 2. The summed E-state index contributed by atoms with van der Waals surface area (Å²) in [5.74, 6) is 0.151. The van der Waals surface area contributed by atoms with Gasteiger partial charge in [0.05, 0.1) is 6.61 Å². The maximum atomic E-state index is 10.7. The lowest BCUT2D eigenvalue weighted by Crippen LogP contribution is -2.09. The molecule has 0 aromatic rings. The molecule has 0 saturated carbocycles. The number of ether oxygens (including phenoxy) is 1. The number of rotatable bonds is 7. The first-order valence-corrected chi connectivity index (χ1v) is 4.99. The Morgan fingerprint density at radius 1 is 1.54 bits per heavy atom. The van der Waals surface area contributed by atoms with Crippen LogP contribution in [-0.4, -0.2) is 12.6 Å². The van der Waals surface area contributed by atoms with Crippen LogP contribution in [0.2, 0.25) is 0 Å². The van der Waals surface area contributed by atoms with Gasteiger partial charge in [0.1, 0.15) is 0 Å². The highest BCUT2D eigenvalue weighted by Crippen LogP contribution is 2.09. The van der Waals surface area contributed by atoms with E-state index in [-0.39, 0.29) is 5.97 Å². The van der Waals surface area contributed by atoms with Gasteiger partial charge < -0.3 is 4.74 Å². The summed E-state index contributed by atoms with van der Waals surface area (Å²) >= 11 is 0. The van der Waals surface area contributed by atoms with Gasteiger partial charge in [0.25, 0.3) is 0 Å². The fraction of sp³-hybridized carbons (Fsp3) is 0.727. The third-order valence-corrected chi connectivity index (χ3v) is 1.98. The minimum atomic E-state index is -0.317. The van der Waals surface area contributed by atoms with Crippen LogP contribution in [0.3, 0.4) is 0 Å². The molecule has 0 heterocycles. The maximum absolute atomic E-state index is 10.7. The lowest BCUT2D eigenvalue weighted by atomic mass is 10.0. The van der Waals surface area contributed by atoms with Crippen molar-refractivity contribution in [1.29, 1.82) is 0 Å². The second-order valence-electron chi connectivity index (χ2n) is 3.44. The molecule has 0 aliphatic rings. The van der Waals surface area contributed by atoms with Gasteiger partial charge in [0.2, 0.25) is 0 Å². The van der Waals surface area contributed by atoms with Crippen molar-refractivity contribution in [2.45, 2.75) is 39.5 Å². The van der Waals surface area contributed by atoms with Gasteiger partial charge in [-0.1, -0.05) is 39.7 Å². The Bertz CT molecular complexity index is 152. The maximum Gasteiger partial charge on any atom is 0.330 e. The molecule has 0 aliphatic carbocycles. The average molecular weight is 184 g/mol. The highest BCUT2D eigenvalue weighted by molar-refractivity contribution is 5.81. The molecule has 0 radical (unpaired) electrons. The van der Waals surface area contributed by atoms with Crippen LogP contribution >= 0.6 is 0 Å². The van der Waals surface area contributed by atoms with Crippen molar-refractivity contribution in [3.05, 3.63) is 12.7 Å². The van der Waals surface area contributed by atoms with E-state index in [1.165, 1.54) is 25.3 Å². The second kappa shape index (κ2) is 7.84. The first-order valence-electron chi connectivity index (χ1n) is 4.99. The molecule has 13 heavy (non-hydrogen) atoms. The Balaban J connectivity index is 3.34. The molecule has 0 aromatic heterocycles. The van der Waals surface area contributed by atoms with Gasteiger partial charge in [-0.05, 0) is 12.3 Å². The lowest BCUT2D eigenvalue weighted by molar-refractivity contribution is -0.138. The predicted octanol–water partition coefficient (Wildman–Crippen LogP) is 2.93.